The van der Waals surface area contributed by atoms with Crippen LogP contribution >= 0.6 is 15.9 Å². The van der Waals surface area contributed by atoms with Crippen LogP contribution in [0.15, 0.2) is 27.6 Å². The number of aliphatic hydroxyl groups is 1. The summed E-state index contributed by atoms with van der Waals surface area (Å²) in [6.07, 6.45) is 0.269. The Morgan fingerprint density at radius 3 is 2.56 bits per heavy atom. The van der Waals surface area contributed by atoms with Gasteiger partial charge in [-0.05, 0) is 54.4 Å². The van der Waals surface area contributed by atoms with E-state index in [1.54, 1.807) is 13.8 Å². The molecule has 2 N–H and O–H groups in total. The van der Waals surface area contributed by atoms with Gasteiger partial charge in [-0.3, -0.25) is 0 Å². The standard InChI is InChI=1S/C11H15BrFNO3S/c1-11(2,5-6-15)14-18(16,17)8-3-4-9(12)10(13)7-8/h3-4,7,14-15H,5-6H2,1-2H3. The van der Waals surface area contributed by atoms with Crippen molar-refractivity contribution in [1.29, 1.82) is 0 Å². The Hall–Kier alpha value is -0.500. The first-order chi connectivity index (χ1) is 8.18. The summed E-state index contributed by atoms with van der Waals surface area (Å²) >= 11 is 2.96. The van der Waals surface area contributed by atoms with Crippen molar-refractivity contribution >= 4 is 26.0 Å². The van der Waals surface area contributed by atoms with E-state index in [-0.39, 0.29) is 22.4 Å². The number of rotatable bonds is 5. The number of nitrogens with one attached hydrogen (secondary N) is 1. The van der Waals surface area contributed by atoms with E-state index in [0.717, 1.165) is 6.07 Å². The van der Waals surface area contributed by atoms with Gasteiger partial charge in [0.2, 0.25) is 10.0 Å². The van der Waals surface area contributed by atoms with Gasteiger partial charge in [-0.1, -0.05) is 0 Å². The minimum Gasteiger partial charge on any atom is -0.396 e. The molecule has 0 aliphatic carbocycles. The van der Waals surface area contributed by atoms with Gasteiger partial charge in [-0.2, -0.15) is 0 Å². The molecule has 1 rings (SSSR count). The van der Waals surface area contributed by atoms with E-state index in [2.05, 4.69) is 20.7 Å². The molecule has 102 valence electrons. The summed E-state index contributed by atoms with van der Waals surface area (Å²) in [6, 6.07) is 3.59. The molecule has 7 heteroatoms. The van der Waals surface area contributed by atoms with E-state index in [1.165, 1.54) is 12.1 Å². The Balaban J connectivity index is 3.03. The molecule has 0 saturated heterocycles. The lowest BCUT2D eigenvalue weighted by atomic mass is 10.0. The Labute approximate surface area is 114 Å². The first-order valence-corrected chi connectivity index (χ1v) is 7.55. The summed E-state index contributed by atoms with van der Waals surface area (Å²) in [5.41, 5.74) is -0.795. The SMILES string of the molecule is CC(C)(CCO)NS(=O)(=O)c1ccc(Br)c(F)c1. The van der Waals surface area contributed by atoms with E-state index in [0.29, 0.717) is 0 Å². The lowest BCUT2D eigenvalue weighted by molar-refractivity contribution is 0.245. The summed E-state index contributed by atoms with van der Waals surface area (Å²) in [4.78, 5) is -0.144. The van der Waals surface area contributed by atoms with Gasteiger partial charge in [0.1, 0.15) is 5.82 Å². The molecule has 0 radical (unpaired) electrons. The number of halogens is 2. The molecule has 0 spiro atoms. The Bertz CT molecular complexity index is 531. The Morgan fingerprint density at radius 1 is 1.44 bits per heavy atom. The maximum atomic E-state index is 13.3. The maximum Gasteiger partial charge on any atom is 0.241 e. The zero-order valence-electron chi connectivity index (χ0n) is 10.1. The predicted molar refractivity (Wildman–Crippen MR) is 70.2 cm³/mol. The highest BCUT2D eigenvalue weighted by Crippen LogP contribution is 2.21. The maximum absolute atomic E-state index is 13.3. The average molecular weight is 340 g/mol. The van der Waals surface area contributed by atoms with Crippen molar-refractivity contribution in [3.05, 3.63) is 28.5 Å². The molecule has 0 amide bonds. The van der Waals surface area contributed by atoms with Gasteiger partial charge in [0.15, 0.2) is 0 Å². The van der Waals surface area contributed by atoms with E-state index in [4.69, 9.17) is 5.11 Å². The van der Waals surface area contributed by atoms with Gasteiger partial charge in [0, 0.05) is 12.1 Å². The zero-order chi connectivity index (χ0) is 14.0. The number of sulfonamides is 1. The molecule has 0 atom stereocenters. The van der Waals surface area contributed by atoms with Gasteiger partial charge in [-0.15, -0.1) is 0 Å². The lowest BCUT2D eigenvalue weighted by Gasteiger charge is -2.25. The highest BCUT2D eigenvalue weighted by atomic mass is 79.9. The first-order valence-electron chi connectivity index (χ1n) is 5.28. The molecule has 1 aromatic carbocycles. The summed E-state index contributed by atoms with van der Waals surface area (Å²) < 4.78 is 40.0. The van der Waals surface area contributed by atoms with E-state index >= 15 is 0 Å². The van der Waals surface area contributed by atoms with Crippen LogP contribution in [-0.2, 0) is 10.0 Å². The topological polar surface area (TPSA) is 66.4 Å². The molecule has 0 heterocycles. The first kappa shape index (κ1) is 15.6. The van der Waals surface area contributed by atoms with Crippen molar-refractivity contribution in [3.63, 3.8) is 0 Å². The van der Waals surface area contributed by atoms with Crippen LogP contribution in [0.3, 0.4) is 0 Å². The molecule has 0 fully saturated rings. The van der Waals surface area contributed by atoms with Gasteiger partial charge in [0.05, 0.1) is 9.37 Å². The van der Waals surface area contributed by atoms with Crippen molar-refractivity contribution in [2.45, 2.75) is 30.7 Å². The van der Waals surface area contributed by atoms with Gasteiger partial charge in [0.25, 0.3) is 0 Å². The number of hydrogen-bond acceptors (Lipinski definition) is 3. The second-order valence-electron chi connectivity index (χ2n) is 4.54. The molecule has 0 aliphatic heterocycles. The van der Waals surface area contributed by atoms with Crippen molar-refractivity contribution in [3.8, 4) is 0 Å². The molecule has 1 aromatic rings. The molecule has 18 heavy (non-hydrogen) atoms. The van der Waals surface area contributed by atoms with E-state index in [9.17, 15) is 12.8 Å². The van der Waals surface area contributed by atoms with E-state index in [1.807, 2.05) is 0 Å². The molecular weight excluding hydrogens is 325 g/mol. The van der Waals surface area contributed by atoms with Crippen LogP contribution in [-0.4, -0.2) is 25.7 Å². The molecule has 0 saturated carbocycles. The predicted octanol–water partition coefficient (Wildman–Crippen LogP) is 2.03. The minimum absolute atomic E-state index is 0.135. The smallest absolute Gasteiger partial charge is 0.241 e. The molecule has 0 bridgehead atoms. The fourth-order valence-electron chi connectivity index (χ4n) is 1.40. The van der Waals surface area contributed by atoms with Gasteiger partial charge < -0.3 is 5.11 Å². The van der Waals surface area contributed by atoms with Crippen LogP contribution < -0.4 is 4.72 Å². The third-order valence-electron chi connectivity index (χ3n) is 2.35. The van der Waals surface area contributed by atoms with Crippen molar-refractivity contribution in [1.82, 2.24) is 4.72 Å². The normalized spacial score (nSPS) is 12.7. The highest BCUT2D eigenvalue weighted by Gasteiger charge is 2.26. The van der Waals surface area contributed by atoms with Crippen LogP contribution in [0.1, 0.15) is 20.3 Å². The zero-order valence-corrected chi connectivity index (χ0v) is 12.5. The van der Waals surface area contributed by atoms with Crippen molar-refractivity contribution in [2.24, 2.45) is 0 Å². The quantitative estimate of drug-likeness (QED) is 0.862. The second kappa shape index (κ2) is 5.64. The highest BCUT2D eigenvalue weighted by molar-refractivity contribution is 9.10. The van der Waals surface area contributed by atoms with Crippen LogP contribution in [0, 0.1) is 5.82 Å². The molecule has 0 aromatic heterocycles. The Morgan fingerprint density at radius 2 is 2.06 bits per heavy atom. The monoisotopic (exact) mass is 339 g/mol. The second-order valence-corrected chi connectivity index (χ2v) is 7.08. The summed E-state index contributed by atoms with van der Waals surface area (Å²) in [6.45, 7) is 3.16. The summed E-state index contributed by atoms with van der Waals surface area (Å²) in [7, 11) is -3.80. The van der Waals surface area contributed by atoms with E-state index < -0.39 is 21.4 Å². The van der Waals surface area contributed by atoms with Gasteiger partial charge >= 0.3 is 0 Å². The third kappa shape index (κ3) is 4.01. The molecule has 0 aliphatic rings. The number of aliphatic hydroxyl groups excluding tert-OH is 1. The van der Waals surface area contributed by atoms with Crippen LogP contribution in [0.25, 0.3) is 0 Å². The fourth-order valence-corrected chi connectivity index (χ4v) is 3.10. The lowest BCUT2D eigenvalue weighted by Crippen LogP contribution is -2.43. The number of benzene rings is 1. The fraction of sp³-hybridized carbons (Fsp3) is 0.455. The average Bonchev–Trinajstić information content (AvgIpc) is 2.20. The minimum atomic E-state index is -3.80. The van der Waals surface area contributed by atoms with Crippen molar-refractivity contribution < 1.29 is 17.9 Å². The summed E-state index contributed by atoms with van der Waals surface area (Å²) in [5, 5.41) is 8.85. The summed E-state index contributed by atoms with van der Waals surface area (Å²) in [5.74, 6) is -0.641. The molecule has 0 unspecified atom stereocenters. The Kier molecular flexibility index (Phi) is 4.88. The molecular formula is C11H15BrFNO3S. The van der Waals surface area contributed by atoms with Gasteiger partial charge in [-0.25, -0.2) is 17.5 Å². The molecule has 4 nitrogen and oxygen atoms in total. The van der Waals surface area contributed by atoms with Crippen molar-refractivity contribution in [2.75, 3.05) is 6.61 Å². The number of hydrogen-bond donors (Lipinski definition) is 2. The largest absolute Gasteiger partial charge is 0.396 e. The van der Waals surface area contributed by atoms with Crippen LogP contribution in [0.4, 0.5) is 4.39 Å². The third-order valence-corrected chi connectivity index (χ3v) is 4.69. The van der Waals surface area contributed by atoms with Crippen LogP contribution in [0.2, 0.25) is 0 Å². The van der Waals surface area contributed by atoms with Crippen LogP contribution in [0.5, 0.6) is 0 Å².